The fourth-order valence-electron chi connectivity index (χ4n) is 2.39. The summed E-state index contributed by atoms with van der Waals surface area (Å²) in [6.07, 6.45) is 0. The van der Waals surface area contributed by atoms with Gasteiger partial charge in [-0.25, -0.2) is 4.99 Å². The Bertz CT molecular complexity index is 702. The van der Waals surface area contributed by atoms with Gasteiger partial charge in [-0.1, -0.05) is 24.3 Å². The number of guanidine groups is 1. The van der Waals surface area contributed by atoms with Crippen LogP contribution in [-0.4, -0.2) is 39.4 Å². The summed E-state index contributed by atoms with van der Waals surface area (Å²) in [6, 6.07) is 15.5. The van der Waals surface area contributed by atoms with E-state index in [1.54, 1.807) is 7.11 Å². The van der Waals surface area contributed by atoms with Gasteiger partial charge in [0.05, 0.1) is 20.3 Å². The average molecular weight is 371 g/mol. The molecule has 6 nitrogen and oxygen atoms in total. The smallest absolute Gasteiger partial charge is 0.191 e. The maximum atomic E-state index is 5.90. The molecule has 2 N–H and O–H groups in total. The van der Waals surface area contributed by atoms with Gasteiger partial charge in [0.2, 0.25) is 0 Å². The Morgan fingerprint density at radius 2 is 1.70 bits per heavy atom. The minimum atomic E-state index is 0.582. The van der Waals surface area contributed by atoms with E-state index >= 15 is 0 Å². The molecule has 27 heavy (non-hydrogen) atoms. The number of para-hydroxylation sites is 2. The van der Waals surface area contributed by atoms with E-state index < -0.39 is 0 Å². The van der Waals surface area contributed by atoms with Crippen molar-refractivity contribution in [1.82, 2.24) is 10.6 Å². The van der Waals surface area contributed by atoms with Gasteiger partial charge in [0, 0.05) is 19.7 Å². The predicted molar refractivity (Wildman–Crippen MR) is 109 cm³/mol. The highest BCUT2D eigenvalue weighted by Gasteiger charge is 2.04. The van der Waals surface area contributed by atoms with Crippen molar-refractivity contribution in [2.45, 2.75) is 20.4 Å². The zero-order chi connectivity index (χ0) is 19.3. The molecule has 0 bridgehead atoms. The van der Waals surface area contributed by atoms with Gasteiger partial charge in [0.1, 0.15) is 5.75 Å². The summed E-state index contributed by atoms with van der Waals surface area (Å²) in [5.74, 6) is 2.94. The van der Waals surface area contributed by atoms with Crippen LogP contribution in [0.25, 0.3) is 0 Å². The van der Waals surface area contributed by atoms with Crippen LogP contribution in [0.15, 0.2) is 53.5 Å². The summed E-state index contributed by atoms with van der Waals surface area (Å²) in [7, 11) is 1.63. The zero-order valence-corrected chi connectivity index (χ0v) is 16.3. The highest BCUT2D eigenvalue weighted by Crippen LogP contribution is 2.30. The first-order chi connectivity index (χ1) is 13.3. The van der Waals surface area contributed by atoms with Gasteiger partial charge in [-0.2, -0.15) is 0 Å². The number of nitrogens with zero attached hydrogens (tertiary/aromatic N) is 1. The summed E-state index contributed by atoms with van der Waals surface area (Å²) < 4.78 is 16.5. The van der Waals surface area contributed by atoms with Crippen molar-refractivity contribution in [3.05, 3.63) is 54.1 Å². The first-order valence-corrected chi connectivity index (χ1v) is 9.26. The molecule has 0 heterocycles. The van der Waals surface area contributed by atoms with E-state index in [0.717, 1.165) is 37.0 Å². The molecule has 0 aromatic heterocycles. The Kier molecular flexibility index (Phi) is 9.00. The largest absolute Gasteiger partial charge is 0.493 e. The Labute approximate surface area is 161 Å². The van der Waals surface area contributed by atoms with Crippen molar-refractivity contribution >= 4 is 5.96 Å². The highest BCUT2D eigenvalue weighted by atomic mass is 16.5. The van der Waals surface area contributed by atoms with Crippen molar-refractivity contribution in [1.29, 1.82) is 0 Å². The van der Waals surface area contributed by atoms with Crippen LogP contribution in [0.4, 0.5) is 0 Å². The summed E-state index contributed by atoms with van der Waals surface area (Å²) in [5.41, 5.74) is 1.10. The number of benzene rings is 2. The third kappa shape index (κ3) is 7.19. The lowest BCUT2D eigenvalue weighted by Crippen LogP contribution is -2.39. The number of ether oxygens (including phenoxy) is 3. The second-order valence-corrected chi connectivity index (χ2v) is 5.72. The number of methoxy groups -OCH3 is 1. The fourth-order valence-corrected chi connectivity index (χ4v) is 2.39. The van der Waals surface area contributed by atoms with Crippen molar-refractivity contribution in [2.75, 3.05) is 33.4 Å². The van der Waals surface area contributed by atoms with Gasteiger partial charge < -0.3 is 24.8 Å². The molecule has 0 radical (unpaired) electrons. The zero-order valence-electron chi connectivity index (χ0n) is 16.3. The molecule has 2 aromatic carbocycles. The Hall–Kier alpha value is -2.73. The summed E-state index contributed by atoms with van der Waals surface area (Å²) in [5, 5.41) is 6.49. The van der Waals surface area contributed by atoms with Crippen LogP contribution in [0, 0.1) is 0 Å². The van der Waals surface area contributed by atoms with Crippen LogP contribution < -0.4 is 20.1 Å². The maximum Gasteiger partial charge on any atom is 0.191 e. The number of nitrogens with one attached hydrogen (secondary N) is 2. The maximum absolute atomic E-state index is 5.90. The van der Waals surface area contributed by atoms with Crippen LogP contribution in [0.3, 0.4) is 0 Å². The van der Waals surface area contributed by atoms with E-state index in [2.05, 4.69) is 15.6 Å². The lowest BCUT2D eigenvalue weighted by atomic mass is 10.2. The SMILES string of the molecule is CCNC(=NCc1ccc(Oc2ccccc2OC)cc1)NCCOCC. The lowest BCUT2D eigenvalue weighted by molar-refractivity contribution is 0.152. The predicted octanol–water partition coefficient (Wildman–Crippen LogP) is 3.58. The van der Waals surface area contributed by atoms with E-state index in [1.165, 1.54) is 0 Å². The van der Waals surface area contributed by atoms with E-state index in [0.29, 0.717) is 24.7 Å². The Morgan fingerprint density at radius 3 is 2.37 bits per heavy atom. The topological polar surface area (TPSA) is 64.1 Å². The first kappa shape index (κ1) is 20.6. The van der Waals surface area contributed by atoms with E-state index in [4.69, 9.17) is 14.2 Å². The van der Waals surface area contributed by atoms with Crippen LogP contribution in [-0.2, 0) is 11.3 Å². The van der Waals surface area contributed by atoms with Gasteiger partial charge in [-0.3, -0.25) is 0 Å². The molecular weight excluding hydrogens is 342 g/mol. The van der Waals surface area contributed by atoms with Crippen molar-refractivity contribution in [2.24, 2.45) is 4.99 Å². The second kappa shape index (κ2) is 11.8. The second-order valence-electron chi connectivity index (χ2n) is 5.72. The summed E-state index contributed by atoms with van der Waals surface area (Å²) >= 11 is 0. The minimum absolute atomic E-state index is 0.582. The molecule has 6 heteroatoms. The monoisotopic (exact) mass is 371 g/mol. The molecule has 0 aliphatic carbocycles. The molecule has 0 aliphatic heterocycles. The summed E-state index contributed by atoms with van der Waals surface area (Å²) in [4.78, 5) is 4.60. The molecule has 2 aromatic rings. The number of hydrogen-bond donors (Lipinski definition) is 2. The van der Waals surface area contributed by atoms with Crippen molar-refractivity contribution in [3.63, 3.8) is 0 Å². The van der Waals surface area contributed by atoms with E-state index in [-0.39, 0.29) is 0 Å². The van der Waals surface area contributed by atoms with Gasteiger partial charge >= 0.3 is 0 Å². The quantitative estimate of drug-likeness (QED) is 0.380. The van der Waals surface area contributed by atoms with Crippen LogP contribution in [0.5, 0.6) is 17.2 Å². The van der Waals surface area contributed by atoms with Gasteiger partial charge in [-0.05, 0) is 43.7 Å². The van der Waals surface area contributed by atoms with E-state index in [9.17, 15) is 0 Å². The molecule has 0 saturated heterocycles. The van der Waals surface area contributed by atoms with Crippen LogP contribution in [0.1, 0.15) is 19.4 Å². The molecule has 146 valence electrons. The normalized spacial score (nSPS) is 11.1. The van der Waals surface area contributed by atoms with Gasteiger partial charge in [0.15, 0.2) is 17.5 Å². The molecule has 0 fully saturated rings. The summed E-state index contributed by atoms with van der Waals surface area (Å²) in [6.45, 7) is 7.54. The standard InChI is InChI=1S/C21H29N3O3/c1-4-22-21(23-14-15-26-5-2)24-16-17-10-12-18(13-11-17)27-20-9-7-6-8-19(20)25-3/h6-13H,4-5,14-16H2,1-3H3,(H2,22,23,24). The number of rotatable bonds is 10. The first-order valence-electron chi connectivity index (χ1n) is 9.26. The minimum Gasteiger partial charge on any atom is -0.493 e. The van der Waals surface area contributed by atoms with Crippen molar-refractivity contribution < 1.29 is 14.2 Å². The third-order valence-electron chi connectivity index (χ3n) is 3.73. The third-order valence-corrected chi connectivity index (χ3v) is 3.73. The van der Waals surface area contributed by atoms with Gasteiger partial charge in [0.25, 0.3) is 0 Å². The highest BCUT2D eigenvalue weighted by molar-refractivity contribution is 5.79. The molecule has 0 unspecified atom stereocenters. The molecule has 0 saturated carbocycles. The Morgan fingerprint density at radius 1 is 0.963 bits per heavy atom. The molecule has 2 rings (SSSR count). The average Bonchev–Trinajstić information content (AvgIpc) is 2.71. The molecule has 0 atom stereocenters. The molecule has 0 aliphatic rings. The van der Waals surface area contributed by atoms with Crippen LogP contribution in [0.2, 0.25) is 0 Å². The van der Waals surface area contributed by atoms with E-state index in [1.807, 2.05) is 62.4 Å². The Balaban J connectivity index is 1.93. The number of aliphatic imine (C=N–C) groups is 1. The molecule has 0 amide bonds. The van der Waals surface area contributed by atoms with Crippen LogP contribution >= 0.6 is 0 Å². The molecular formula is C21H29N3O3. The lowest BCUT2D eigenvalue weighted by Gasteiger charge is -2.12. The number of hydrogen-bond acceptors (Lipinski definition) is 4. The molecule has 0 spiro atoms. The fraction of sp³-hybridized carbons (Fsp3) is 0.381. The van der Waals surface area contributed by atoms with Gasteiger partial charge in [-0.15, -0.1) is 0 Å². The van der Waals surface area contributed by atoms with Crippen molar-refractivity contribution in [3.8, 4) is 17.2 Å².